The van der Waals surface area contributed by atoms with Gasteiger partial charge in [0.1, 0.15) is 5.69 Å². The molecule has 0 radical (unpaired) electrons. The van der Waals surface area contributed by atoms with E-state index in [1.807, 2.05) is 42.5 Å². The van der Waals surface area contributed by atoms with Crippen molar-refractivity contribution in [3.8, 4) is 11.3 Å². The van der Waals surface area contributed by atoms with Gasteiger partial charge in [-0.25, -0.2) is 8.42 Å². The molecule has 3 aromatic rings. The van der Waals surface area contributed by atoms with Crippen molar-refractivity contribution < 1.29 is 13.2 Å². The number of carbonyl (C=O) groups is 1. The smallest absolute Gasteiger partial charge is 0.257 e. The average molecular weight is 473 g/mol. The number of hydrogen-bond acceptors (Lipinski definition) is 4. The number of amides is 1. The summed E-state index contributed by atoms with van der Waals surface area (Å²) in [6, 6.07) is 17.2. The fourth-order valence-electron chi connectivity index (χ4n) is 3.77. The molecule has 0 saturated carbocycles. The van der Waals surface area contributed by atoms with E-state index < -0.39 is 10.0 Å². The molecule has 1 saturated heterocycles. The van der Waals surface area contributed by atoms with Gasteiger partial charge < -0.3 is 4.90 Å². The lowest BCUT2D eigenvalue weighted by Crippen LogP contribution is -2.50. The predicted octanol–water partition coefficient (Wildman–Crippen LogP) is 3.36. The summed E-state index contributed by atoms with van der Waals surface area (Å²) in [6.45, 7) is 3.47. The normalized spacial score (nSPS) is 15.1. The third-order valence-electron chi connectivity index (χ3n) is 5.58. The van der Waals surface area contributed by atoms with Crippen LogP contribution in [0.4, 0.5) is 0 Å². The maximum Gasteiger partial charge on any atom is 0.257 e. The van der Waals surface area contributed by atoms with Crippen LogP contribution in [0.5, 0.6) is 0 Å². The molecule has 0 spiro atoms. The molecule has 2 aromatic carbocycles. The molecule has 1 amide bonds. The van der Waals surface area contributed by atoms with Gasteiger partial charge in [-0.15, -0.1) is 0 Å². The minimum Gasteiger partial charge on any atom is -0.336 e. The maximum absolute atomic E-state index is 13.4. The third kappa shape index (κ3) is 4.87. The summed E-state index contributed by atoms with van der Waals surface area (Å²) in [5, 5.41) is 5.32. The molecule has 0 bridgehead atoms. The fraction of sp³-hybridized carbons (Fsp3) is 0.304. The van der Waals surface area contributed by atoms with Crippen molar-refractivity contribution in [1.82, 2.24) is 19.0 Å². The Morgan fingerprint density at radius 1 is 1.00 bits per heavy atom. The Labute approximate surface area is 193 Å². The molecule has 168 valence electrons. The number of aromatic nitrogens is 2. The molecule has 9 heteroatoms. The molecule has 0 unspecified atom stereocenters. The molecule has 0 aliphatic carbocycles. The van der Waals surface area contributed by atoms with E-state index in [1.165, 1.54) is 4.31 Å². The van der Waals surface area contributed by atoms with Crippen LogP contribution in [0.2, 0.25) is 5.02 Å². The Hall–Kier alpha value is -2.68. The van der Waals surface area contributed by atoms with E-state index in [1.54, 1.807) is 34.8 Å². The highest BCUT2D eigenvalue weighted by Crippen LogP contribution is 2.26. The van der Waals surface area contributed by atoms with Gasteiger partial charge in [0.2, 0.25) is 10.0 Å². The Bertz CT molecular complexity index is 1190. The maximum atomic E-state index is 13.4. The second-order valence-electron chi connectivity index (χ2n) is 7.67. The highest BCUT2D eigenvalue weighted by Gasteiger charge is 2.30. The predicted molar refractivity (Wildman–Crippen MR) is 125 cm³/mol. The molecule has 1 aromatic heterocycles. The number of rotatable bonds is 6. The van der Waals surface area contributed by atoms with Gasteiger partial charge in [0, 0.05) is 43.0 Å². The standard InChI is InChI=1S/C23H25ClN4O3S/c1-2-32(30,31)28-14-12-26(13-15-28)23(29)21-17-27(16-18-6-4-3-5-7-18)25-22(21)19-8-10-20(24)11-9-19/h3-11,17H,2,12-16H2,1H3. The summed E-state index contributed by atoms with van der Waals surface area (Å²) in [5.41, 5.74) is 2.97. The van der Waals surface area contributed by atoms with E-state index in [0.29, 0.717) is 49.0 Å². The van der Waals surface area contributed by atoms with E-state index in [2.05, 4.69) is 0 Å². The lowest BCUT2D eigenvalue weighted by atomic mass is 10.1. The number of sulfonamides is 1. The third-order valence-corrected chi connectivity index (χ3v) is 7.71. The first-order valence-corrected chi connectivity index (χ1v) is 12.5. The number of nitrogens with zero attached hydrogens (tertiary/aromatic N) is 4. The highest BCUT2D eigenvalue weighted by molar-refractivity contribution is 7.89. The van der Waals surface area contributed by atoms with E-state index in [0.717, 1.165) is 11.1 Å². The van der Waals surface area contributed by atoms with Crippen molar-refractivity contribution in [1.29, 1.82) is 0 Å². The largest absolute Gasteiger partial charge is 0.336 e. The van der Waals surface area contributed by atoms with Crippen LogP contribution in [0.3, 0.4) is 0 Å². The molecular weight excluding hydrogens is 448 g/mol. The molecule has 1 aliphatic heterocycles. The second kappa shape index (κ2) is 9.44. The van der Waals surface area contributed by atoms with Crippen LogP contribution in [0.1, 0.15) is 22.8 Å². The molecule has 1 aliphatic rings. The van der Waals surface area contributed by atoms with Crippen LogP contribution in [0.15, 0.2) is 60.8 Å². The van der Waals surface area contributed by atoms with Gasteiger partial charge in [0.25, 0.3) is 5.91 Å². The zero-order chi connectivity index (χ0) is 22.7. The number of halogens is 1. The van der Waals surface area contributed by atoms with E-state index in [-0.39, 0.29) is 11.7 Å². The average Bonchev–Trinajstić information content (AvgIpc) is 3.23. The van der Waals surface area contributed by atoms with Gasteiger partial charge in [0.15, 0.2) is 0 Å². The van der Waals surface area contributed by atoms with Crippen molar-refractivity contribution in [3.63, 3.8) is 0 Å². The van der Waals surface area contributed by atoms with Gasteiger partial charge in [-0.3, -0.25) is 9.48 Å². The Balaban J connectivity index is 1.61. The molecule has 7 nitrogen and oxygen atoms in total. The van der Waals surface area contributed by atoms with Crippen molar-refractivity contribution in [2.24, 2.45) is 0 Å². The van der Waals surface area contributed by atoms with Gasteiger partial charge in [-0.05, 0) is 24.6 Å². The summed E-state index contributed by atoms with van der Waals surface area (Å²) >= 11 is 6.04. The summed E-state index contributed by atoms with van der Waals surface area (Å²) in [7, 11) is -3.25. The SMILES string of the molecule is CCS(=O)(=O)N1CCN(C(=O)c2cn(Cc3ccccc3)nc2-c2ccc(Cl)cc2)CC1. The molecule has 0 N–H and O–H groups in total. The molecule has 0 atom stereocenters. The molecular formula is C23H25ClN4O3S. The summed E-state index contributed by atoms with van der Waals surface area (Å²) < 4.78 is 27.5. The number of carbonyl (C=O) groups excluding carboxylic acids is 1. The molecule has 2 heterocycles. The van der Waals surface area contributed by atoms with E-state index in [9.17, 15) is 13.2 Å². The quantitative estimate of drug-likeness (QED) is 0.551. The Kier molecular flexibility index (Phi) is 6.64. The topological polar surface area (TPSA) is 75.5 Å². The van der Waals surface area contributed by atoms with E-state index >= 15 is 0 Å². The van der Waals surface area contributed by atoms with Gasteiger partial charge in [-0.2, -0.15) is 9.40 Å². The molecule has 32 heavy (non-hydrogen) atoms. The number of benzene rings is 2. The van der Waals surface area contributed by atoms with Crippen LogP contribution in [0.25, 0.3) is 11.3 Å². The number of hydrogen-bond donors (Lipinski definition) is 0. The summed E-state index contributed by atoms with van der Waals surface area (Å²) in [4.78, 5) is 15.1. The molecule has 4 rings (SSSR count). The zero-order valence-corrected chi connectivity index (χ0v) is 19.4. The first kappa shape index (κ1) is 22.5. The fourth-order valence-corrected chi connectivity index (χ4v) is 4.98. The lowest BCUT2D eigenvalue weighted by molar-refractivity contribution is 0.0698. The number of piperazine rings is 1. The van der Waals surface area contributed by atoms with Crippen LogP contribution < -0.4 is 0 Å². The first-order valence-electron chi connectivity index (χ1n) is 10.5. The first-order chi connectivity index (χ1) is 15.4. The van der Waals surface area contributed by atoms with Crippen LogP contribution in [-0.4, -0.2) is 65.2 Å². The van der Waals surface area contributed by atoms with Gasteiger partial charge >= 0.3 is 0 Å². The minimum absolute atomic E-state index is 0.0634. The Morgan fingerprint density at radius 2 is 1.66 bits per heavy atom. The van der Waals surface area contributed by atoms with Crippen molar-refractivity contribution in [3.05, 3.63) is 76.9 Å². The van der Waals surface area contributed by atoms with Crippen molar-refractivity contribution in [2.75, 3.05) is 31.9 Å². The monoisotopic (exact) mass is 472 g/mol. The zero-order valence-electron chi connectivity index (χ0n) is 17.8. The van der Waals surface area contributed by atoms with Crippen molar-refractivity contribution >= 4 is 27.5 Å². The van der Waals surface area contributed by atoms with Crippen LogP contribution in [-0.2, 0) is 16.6 Å². The van der Waals surface area contributed by atoms with Crippen LogP contribution >= 0.6 is 11.6 Å². The van der Waals surface area contributed by atoms with Crippen molar-refractivity contribution in [2.45, 2.75) is 13.5 Å². The van der Waals surface area contributed by atoms with Crippen LogP contribution in [0, 0.1) is 0 Å². The summed E-state index contributed by atoms with van der Waals surface area (Å²) in [5.74, 6) is -0.0868. The van der Waals surface area contributed by atoms with E-state index in [4.69, 9.17) is 16.7 Å². The second-order valence-corrected chi connectivity index (χ2v) is 10.4. The summed E-state index contributed by atoms with van der Waals surface area (Å²) in [6.07, 6.45) is 1.77. The minimum atomic E-state index is -3.25. The van der Waals surface area contributed by atoms with Gasteiger partial charge in [0.05, 0.1) is 17.9 Å². The van der Waals surface area contributed by atoms with Gasteiger partial charge in [-0.1, -0.05) is 54.1 Å². The Morgan fingerprint density at radius 3 is 2.28 bits per heavy atom. The highest BCUT2D eigenvalue weighted by atomic mass is 35.5. The molecule has 1 fully saturated rings. The lowest BCUT2D eigenvalue weighted by Gasteiger charge is -2.33.